The van der Waals surface area contributed by atoms with Crippen LogP contribution in [0.3, 0.4) is 0 Å². The molecule has 0 bridgehead atoms. The average molecular weight is 455 g/mol. The van der Waals surface area contributed by atoms with E-state index in [-0.39, 0.29) is 17.0 Å². The van der Waals surface area contributed by atoms with Crippen molar-refractivity contribution < 1.29 is 14.3 Å². The van der Waals surface area contributed by atoms with Gasteiger partial charge >= 0.3 is 0 Å². The Bertz CT molecular complexity index is 1070. The molecule has 2 fully saturated rings. The third-order valence-electron chi connectivity index (χ3n) is 7.70. The first-order valence-corrected chi connectivity index (χ1v) is 12.4. The number of rotatable bonds is 6. The van der Waals surface area contributed by atoms with Crippen molar-refractivity contribution in [2.75, 3.05) is 5.32 Å². The van der Waals surface area contributed by atoms with Crippen LogP contribution in [0, 0.1) is 17.2 Å². The van der Waals surface area contributed by atoms with Crippen molar-refractivity contribution in [3.8, 4) is 5.69 Å². The zero-order chi connectivity index (χ0) is 23.3. The van der Waals surface area contributed by atoms with E-state index < -0.39 is 17.8 Å². The quantitative estimate of drug-likeness (QED) is 0.607. The molecule has 1 aromatic heterocycles. The van der Waals surface area contributed by atoms with Gasteiger partial charge in [0.1, 0.15) is 11.5 Å². The largest absolute Gasteiger partial charge is 0.391 e. The zero-order valence-corrected chi connectivity index (χ0v) is 19.7. The molecule has 3 aliphatic carbocycles. The van der Waals surface area contributed by atoms with Crippen LogP contribution in [0.25, 0.3) is 5.69 Å². The maximum absolute atomic E-state index is 15.4. The van der Waals surface area contributed by atoms with Crippen molar-refractivity contribution in [3.05, 3.63) is 40.5 Å². The Balaban J connectivity index is 1.58. The monoisotopic (exact) mass is 454 g/mol. The van der Waals surface area contributed by atoms with Crippen LogP contribution in [0.4, 0.5) is 10.1 Å². The highest BCUT2D eigenvalue weighted by atomic mass is 19.1. The molecule has 7 heteroatoms. The van der Waals surface area contributed by atoms with Gasteiger partial charge in [-0.2, -0.15) is 5.10 Å². The van der Waals surface area contributed by atoms with Gasteiger partial charge in [-0.3, -0.25) is 4.79 Å². The second kappa shape index (κ2) is 8.42. The Hall–Kier alpha value is -2.41. The number of halogens is 1. The van der Waals surface area contributed by atoms with Crippen LogP contribution in [0.2, 0.25) is 0 Å². The maximum Gasteiger partial charge on any atom is 0.250 e. The lowest BCUT2D eigenvalue weighted by atomic mass is 9.76. The number of nitrogens with one attached hydrogen (secondary N) is 1. The minimum atomic E-state index is -0.689. The van der Waals surface area contributed by atoms with E-state index in [1.54, 1.807) is 10.7 Å². The number of nitrogens with zero attached hydrogens (tertiary/aromatic N) is 2. The second-order valence-electron chi connectivity index (χ2n) is 11.1. The van der Waals surface area contributed by atoms with E-state index in [9.17, 15) is 9.90 Å². The maximum atomic E-state index is 15.4. The molecule has 4 N–H and O–H groups in total. The number of anilines is 1. The molecule has 6 nitrogen and oxygen atoms in total. The molecule has 3 aliphatic rings. The van der Waals surface area contributed by atoms with E-state index in [1.165, 1.54) is 24.5 Å². The van der Waals surface area contributed by atoms with Gasteiger partial charge in [0, 0.05) is 11.4 Å². The number of aromatic nitrogens is 2. The van der Waals surface area contributed by atoms with Gasteiger partial charge in [0.15, 0.2) is 0 Å². The predicted octanol–water partition coefficient (Wildman–Crippen LogP) is 4.29. The highest BCUT2D eigenvalue weighted by Gasteiger charge is 2.34. The number of hydrogen-bond donors (Lipinski definition) is 3. The lowest BCUT2D eigenvalue weighted by Crippen LogP contribution is -2.37. The minimum Gasteiger partial charge on any atom is -0.391 e. The van der Waals surface area contributed by atoms with Gasteiger partial charge in [-0.05, 0) is 80.4 Å². The molecule has 1 heterocycles. The summed E-state index contributed by atoms with van der Waals surface area (Å²) in [7, 11) is 0. The van der Waals surface area contributed by atoms with Crippen LogP contribution in [0.1, 0.15) is 86.1 Å². The summed E-state index contributed by atoms with van der Waals surface area (Å²) in [5, 5.41) is 18.7. The standard InChI is InChI=1S/C26H35FN4O2/c1-26(2)10-9-16-21(11-15-7-8-15)30-31(23(16)14-26)22-13-20(17(25(28)33)12-18(22)27)29-19-5-3-4-6-24(19)32/h12-13,15,19,24,29,32H,3-11,14H2,1-2H3,(H2,28,33)/t19-,24-/m0/s1. The number of aliphatic hydroxyl groups excluding tert-OH is 1. The number of primary amides is 1. The molecule has 0 aliphatic heterocycles. The van der Waals surface area contributed by atoms with Gasteiger partial charge in [-0.25, -0.2) is 9.07 Å². The number of fused-ring (bicyclic) bond motifs is 1. The highest BCUT2D eigenvalue weighted by molar-refractivity contribution is 5.99. The van der Waals surface area contributed by atoms with Crippen LogP contribution in [-0.4, -0.2) is 32.9 Å². The first-order valence-electron chi connectivity index (χ1n) is 12.4. The molecule has 0 radical (unpaired) electrons. The second-order valence-corrected chi connectivity index (χ2v) is 11.1. The summed E-state index contributed by atoms with van der Waals surface area (Å²) in [6.45, 7) is 4.50. The molecule has 0 saturated heterocycles. The van der Waals surface area contributed by atoms with E-state index in [0.29, 0.717) is 23.7 Å². The molecule has 2 aromatic rings. The van der Waals surface area contributed by atoms with Crippen LogP contribution in [-0.2, 0) is 19.3 Å². The number of carbonyl (C=O) groups is 1. The molecular formula is C26H35FN4O2. The molecular weight excluding hydrogens is 419 g/mol. The fourth-order valence-corrected chi connectivity index (χ4v) is 5.50. The van der Waals surface area contributed by atoms with Crippen LogP contribution >= 0.6 is 0 Å². The molecule has 1 aromatic carbocycles. The van der Waals surface area contributed by atoms with Crippen LogP contribution in [0.5, 0.6) is 0 Å². The molecule has 5 rings (SSSR count). The topological polar surface area (TPSA) is 93.2 Å². The lowest BCUT2D eigenvalue weighted by molar-refractivity contribution is 0.0998. The van der Waals surface area contributed by atoms with Crippen molar-refractivity contribution in [2.24, 2.45) is 17.1 Å². The predicted molar refractivity (Wildman–Crippen MR) is 126 cm³/mol. The summed E-state index contributed by atoms with van der Waals surface area (Å²) in [5.41, 5.74) is 10.1. The van der Waals surface area contributed by atoms with Gasteiger partial charge < -0.3 is 16.2 Å². The number of carbonyl (C=O) groups excluding carboxylic acids is 1. The Labute approximate surface area is 194 Å². The molecule has 2 atom stereocenters. The first kappa shape index (κ1) is 22.4. The summed E-state index contributed by atoms with van der Waals surface area (Å²) < 4.78 is 17.2. The Kier molecular flexibility index (Phi) is 5.71. The number of benzene rings is 1. The summed E-state index contributed by atoms with van der Waals surface area (Å²) in [6.07, 6.45) is 9.32. The van der Waals surface area contributed by atoms with E-state index in [4.69, 9.17) is 10.8 Å². The van der Waals surface area contributed by atoms with Gasteiger partial charge in [0.2, 0.25) is 0 Å². The van der Waals surface area contributed by atoms with Crippen LogP contribution in [0.15, 0.2) is 12.1 Å². The van der Waals surface area contributed by atoms with Crippen molar-refractivity contribution in [1.29, 1.82) is 0 Å². The third-order valence-corrected chi connectivity index (χ3v) is 7.70. The van der Waals surface area contributed by atoms with E-state index in [2.05, 4.69) is 19.2 Å². The molecule has 2 saturated carbocycles. The van der Waals surface area contributed by atoms with Crippen molar-refractivity contribution in [3.63, 3.8) is 0 Å². The van der Waals surface area contributed by atoms with E-state index in [0.717, 1.165) is 56.3 Å². The van der Waals surface area contributed by atoms with E-state index in [1.807, 2.05) is 0 Å². The summed E-state index contributed by atoms with van der Waals surface area (Å²) in [4.78, 5) is 12.1. The van der Waals surface area contributed by atoms with Gasteiger partial charge in [-0.1, -0.05) is 26.7 Å². The van der Waals surface area contributed by atoms with Crippen molar-refractivity contribution >= 4 is 11.6 Å². The molecule has 0 spiro atoms. The summed E-state index contributed by atoms with van der Waals surface area (Å²) in [6, 6.07) is 2.69. The Morgan fingerprint density at radius 1 is 1.27 bits per heavy atom. The first-order chi connectivity index (χ1) is 15.7. The Morgan fingerprint density at radius 3 is 2.73 bits per heavy atom. The zero-order valence-electron chi connectivity index (χ0n) is 19.7. The third kappa shape index (κ3) is 4.52. The average Bonchev–Trinajstić information content (AvgIpc) is 3.51. The van der Waals surface area contributed by atoms with Crippen molar-refractivity contribution in [1.82, 2.24) is 9.78 Å². The van der Waals surface area contributed by atoms with Gasteiger partial charge in [0.25, 0.3) is 5.91 Å². The van der Waals surface area contributed by atoms with Crippen LogP contribution < -0.4 is 11.1 Å². The van der Waals surface area contributed by atoms with Gasteiger partial charge in [-0.15, -0.1) is 0 Å². The fourth-order valence-electron chi connectivity index (χ4n) is 5.50. The number of aliphatic hydroxyl groups is 1. The van der Waals surface area contributed by atoms with Crippen molar-refractivity contribution in [2.45, 2.75) is 90.2 Å². The van der Waals surface area contributed by atoms with Gasteiger partial charge in [0.05, 0.1) is 23.4 Å². The lowest BCUT2D eigenvalue weighted by Gasteiger charge is -2.31. The smallest absolute Gasteiger partial charge is 0.250 e. The summed E-state index contributed by atoms with van der Waals surface area (Å²) in [5.74, 6) is -0.504. The molecule has 1 amide bonds. The molecule has 33 heavy (non-hydrogen) atoms. The highest BCUT2D eigenvalue weighted by Crippen LogP contribution is 2.41. The number of amides is 1. The summed E-state index contributed by atoms with van der Waals surface area (Å²) >= 11 is 0. The number of hydrogen-bond acceptors (Lipinski definition) is 4. The minimum absolute atomic E-state index is 0.105. The molecule has 0 unspecified atom stereocenters. The Morgan fingerprint density at radius 2 is 2.03 bits per heavy atom. The normalized spacial score (nSPS) is 24.4. The van der Waals surface area contributed by atoms with E-state index >= 15 is 4.39 Å². The number of nitrogens with two attached hydrogens (primary N) is 1. The SMILES string of the molecule is CC1(C)CCc2c(CC3CC3)nn(-c3cc(N[C@H]4CCCC[C@@H]4O)c(C(N)=O)cc3F)c2C1. The molecule has 178 valence electrons. The fraction of sp³-hybridized carbons (Fsp3) is 0.615.